The summed E-state index contributed by atoms with van der Waals surface area (Å²) in [5, 5.41) is 0.916. The molecule has 0 aliphatic carbocycles. The maximum absolute atomic E-state index is 11.9. The Morgan fingerprint density at radius 1 is 1.12 bits per heavy atom. The number of nitrogens with one attached hydrogen (secondary N) is 1. The van der Waals surface area contributed by atoms with Crippen molar-refractivity contribution >= 4 is 39.1 Å². The topological polar surface area (TPSA) is 72.5 Å². The lowest BCUT2D eigenvalue weighted by Crippen LogP contribution is -2.29. The van der Waals surface area contributed by atoms with Gasteiger partial charge < -0.3 is 4.74 Å². The number of hydrogen-bond donors (Lipinski definition) is 1. The van der Waals surface area contributed by atoms with Gasteiger partial charge in [0.25, 0.3) is 5.91 Å². The van der Waals surface area contributed by atoms with E-state index in [4.69, 9.17) is 27.9 Å². The second kappa shape index (κ2) is 7.42. The Morgan fingerprint density at radius 3 is 2.42 bits per heavy atom. The van der Waals surface area contributed by atoms with Crippen molar-refractivity contribution in [2.45, 2.75) is 13.5 Å². The Bertz CT molecular complexity index is 882. The third-order valence-electron chi connectivity index (χ3n) is 3.11. The molecule has 0 unspecified atom stereocenters. The highest BCUT2D eigenvalue weighted by atomic mass is 35.5. The second-order valence-corrected chi connectivity index (χ2v) is 7.78. The summed E-state index contributed by atoms with van der Waals surface area (Å²) in [4.78, 5) is 11.9. The molecule has 0 bridgehead atoms. The van der Waals surface area contributed by atoms with Crippen molar-refractivity contribution in [3.8, 4) is 5.75 Å². The van der Waals surface area contributed by atoms with E-state index >= 15 is 0 Å². The minimum atomic E-state index is -3.61. The van der Waals surface area contributed by atoms with E-state index in [9.17, 15) is 13.2 Å². The number of benzene rings is 2. The summed E-state index contributed by atoms with van der Waals surface area (Å²) < 4.78 is 29.8. The Labute approximate surface area is 150 Å². The molecule has 0 spiro atoms. The van der Waals surface area contributed by atoms with Crippen LogP contribution in [0.3, 0.4) is 0 Å². The van der Waals surface area contributed by atoms with Gasteiger partial charge in [0.1, 0.15) is 12.4 Å². The Morgan fingerprint density at radius 2 is 1.83 bits per heavy atom. The van der Waals surface area contributed by atoms with Gasteiger partial charge in [-0.25, -0.2) is 13.1 Å². The fourth-order valence-electron chi connectivity index (χ4n) is 2.00. The molecule has 0 saturated carbocycles. The van der Waals surface area contributed by atoms with Gasteiger partial charge in [-0.3, -0.25) is 4.79 Å². The zero-order valence-electron chi connectivity index (χ0n) is 13.0. The minimum absolute atomic E-state index is 0.266. The largest absolute Gasteiger partial charge is 0.489 e. The summed E-state index contributed by atoms with van der Waals surface area (Å²) in [6.45, 7) is 1.98. The van der Waals surface area contributed by atoms with Crippen molar-refractivity contribution in [3.63, 3.8) is 0 Å². The molecule has 2 rings (SSSR count). The fraction of sp³-hybridized carbons (Fsp3) is 0.188. The number of sulfonamides is 1. The lowest BCUT2D eigenvalue weighted by Gasteiger charge is -2.10. The van der Waals surface area contributed by atoms with E-state index in [2.05, 4.69) is 0 Å². The predicted octanol–water partition coefficient (Wildman–Crippen LogP) is 3.57. The molecule has 0 saturated heterocycles. The number of halogens is 2. The molecule has 0 aliphatic rings. The van der Waals surface area contributed by atoms with Crippen LogP contribution >= 0.6 is 23.2 Å². The van der Waals surface area contributed by atoms with Crippen molar-refractivity contribution < 1.29 is 17.9 Å². The van der Waals surface area contributed by atoms with Crippen LogP contribution in [0.15, 0.2) is 36.4 Å². The van der Waals surface area contributed by atoms with E-state index in [-0.39, 0.29) is 12.2 Å². The lowest BCUT2D eigenvalue weighted by atomic mass is 10.1. The van der Waals surface area contributed by atoms with E-state index in [1.54, 1.807) is 37.3 Å². The van der Waals surface area contributed by atoms with Crippen LogP contribution in [0, 0.1) is 6.92 Å². The van der Waals surface area contributed by atoms with Gasteiger partial charge in [0.2, 0.25) is 10.0 Å². The molecule has 0 aromatic heterocycles. The molecule has 2 aromatic carbocycles. The number of amides is 1. The normalized spacial score (nSPS) is 11.2. The maximum atomic E-state index is 11.9. The highest BCUT2D eigenvalue weighted by Gasteiger charge is 2.14. The van der Waals surface area contributed by atoms with Gasteiger partial charge in [0.15, 0.2) is 0 Å². The molecule has 24 heavy (non-hydrogen) atoms. The molecular weight excluding hydrogens is 373 g/mol. The maximum Gasteiger partial charge on any atom is 0.264 e. The van der Waals surface area contributed by atoms with Gasteiger partial charge in [-0.15, -0.1) is 0 Å². The molecule has 128 valence electrons. The zero-order chi connectivity index (χ0) is 17.9. The third-order valence-corrected chi connectivity index (χ3v) is 4.41. The Hall–Kier alpha value is -1.76. The SMILES string of the molecule is Cc1cc(OCc2ccc(Cl)c(Cl)c2)ccc1C(=O)NS(C)(=O)=O. The summed E-state index contributed by atoms with van der Waals surface area (Å²) in [5.74, 6) is -0.125. The van der Waals surface area contributed by atoms with Crippen LogP contribution in [0.25, 0.3) is 0 Å². The van der Waals surface area contributed by atoms with Gasteiger partial charge in [-0.1, -0.05) is 29.3 Å². The molecule has 1 amide bonds. The van der Waals surface area contributed by atoms with E-state index in [1.165, 1.54) is 6.07 Å². The average molecular weight is 388 g/mol. The van der Waals surface area contributed by atoms with E-state index in [0.717, 1.165) is 11.8 Å². The molecule has 0 atom stereocenters. The highest BCUT2D eigenvalue weighted by molar-refractivity contribution is 7.89. The van der Waals surface area contributed by atoms with E-state index in [0.29, 0.717) is 21.4 Å². The summed E-state index contributed by atoms with van der Waals surface area (Å²) in [7, 11) is -3.61. The van der Waals surface area contributed by atoms with Crippen molar-refractivity contribution in [1.29, 1.82) is 0 Å². The van der Waals surface area contributed by atoms with Crippen molar-refractivity contribution in [2.24, 2.45) is 0 Å². The Balaban J connectivity index is 2.09. The van der Waals surface area contributed by atoms with Crippen LogP contribution in [0.2, 0.25) is 10.0 Å². The van der Waals surface area contributed by atoms with Crippen molar-refractivity contribution in [3.05, 3.63) is 63.1 Å². The molecule has 0 fully saturated rings. The highest BCUT2D eigenvalue weighted by Crippen LogP contribution is 2.24. The number of carbonyl (C=O) groups excluding carboxylic acids is 1. The number of ether oxygens (including phenoxy) is 1. The number of rotatable bonds is 5. The van der Waals surface area contributed by atoms with Crippen LogP contribution in [-0.4, -0.2) is 20.6 Å². The minimum Gasteiger partial charge on any atom is -0.489 e. The van der Waals surface area contributed by atoms with Crippen molar-refractivity contribution in [2.75, 3.05) is 6.26 Å². The summed E-state index contributed by atoms with van der Waals surface area (Å²) in [6, 6.07) is 9.97. The number of aryl methyl sites for hydroxylation is 1. The summed E-state index contributed by atoms with van der Waals surface area (Å²) >= 11 is 11.8. The molecule has 5 nitrogen and oxygen atoms in total. The molecule has 1 N–H and O–H groups in total. The third kappa shape index (κ3) is 5.12. The van der Waals surface area contributed by atoms with Gasteiger partial charge in [0.05, 0.1) is 16.3 Å². The monoisotopic (exact) mass is 387 g/mol. The van der Waals surface area contributed by atoms with E-state index in [1.807, 2.05) is 4.72 Å². The molecule has 0 aliphatic heterocycles. The van der Waals surface area contributed by atoms with Crippen LogP contribution in [0.4, 0.5) is 0 Å². The first kappa shape index (κ1) is 18.6. The van der Waals surface area contributed by atoms with Crippen LogP contribution in [0.1, 0.15) is 21.5 Å². The first-order chi connectivity index (χ1) is 11.2. The number of hydrogen-bond acceptors (Lipinski definition) is 4. The summed E-state index contributed by atoms with van der Waals surface area (Å²) in [6.07, 6.45) is 0.926. The van der Waals surface area contributed by atoms with Gasteiger partial charge >= 0.3 is 0 Å². The van der Waals surface area contributed by atoms with Crippen LogP contribution in [0.5, 0.6) is 5.75 Å². The average Bonchev–Trinajstić information content (AvgIpc) is 2.46. The first-order valence-corrected chi connectivity index (χ1v) is 9.50. The zero-order valence-corrected chi connectivity index (χ0v) is 15.3. The Kier molecular flexibility index (Phi) is 5.74. The van der Waals surface area contributed by atoms with Gasteiger partial charge in [0, 0.05) is 5.56 Å². The van der Waals surface area contributed by atoms with Crippen LogP contribution < -0.4 is 9.46 Å². The van der Waals surface area contributed by atoms with E-state index < -0.39 is 15.9 Å². The predicted molar refractivity (Wildman–Crippen MR) is 94.3 cm³/mol. The van der Waals surface area contributed by atoms with Gasteiger partial charge in [-0.05, 0) is 48.4 Å². The molecular formula is C16H15Cl2NO4S. The van der Waals surface area contributed by atoms with Crippen LogP contribution in [-0.2, 0) is 16.6 Å². The fourth-order valence-corrected chi connectivity index (χ4v) is 2.77. The number of carbonyl (C=O) groups is 1. The molecule has 0 heterocycles. The lowest BCUT2D eigenvalue weighted by molar-refractivity contribution is 0.0981. The quantitative estimate of drug-likeness (QED) is 0.850. The molecule has 8 heteroatoms. The standard InChI is InChI=1S/C16H15Cl2NO4S/c1-10-7-12(4-5-13(10)16(20)19-24(2,21)22)23-9-11-3-6-14(17)15(18)8-11/h3-8H,9H2,1-2H3,(H,19,20). The van der Waals surface area contributed by atoms with Crippen molar-refractivity contribution in [1.82, 2.24) is 4.72 Å². The summed E-state index contributed by atoms with van der Waals surface area (Å²) in [5.41, 5.74) is 1.71. The smallest absolute Gasteiger partial charge is 0.264 e. The molecule has 0 radical (unpaired) electrons. The van der Waals surface area contributed by atoms with Gasteiger partial charge in [-0.2, -0.15) is 0 Å². The molecule has 2 aromatic rings. The second-order valence-electron chi connectivity index (χ2n) is 5.22. The first-order valence-electron chi connectivity index (χ1n) is 6.85.